The van der Waals surface area contributed by atoms with E-state index >= 15 is 0 Å². The molecule has 0 saturated carbocycles. The smallest absolute Gasteiger partial charge is 0.203 e. The Morgan fingerprint density at radius 2 is 1.69 bits per heavy atom. The van der Waals surface area contributed by atoms with Crippen LogP contribution in [0.2, 0.25) is 0 Å². The third-order valence-corrected chi connectivity index (χ3v) is 4.32. The van der Waals surface area contributed by atoms with Crippen molar-refractivity contribution < 1.29 is 14.2 Å². The summed E-state index contributed by atoms with van der Waals surface area (Å²) in [5, 5.41) is 6.66. The van der Waals surface area contributed by atoms with Crippen molar-refractivity contribution in [3.63, 3.8) is 0 Å². The second-order valence-corrected chi connectivity index (χ2v) is 5.80. The second-order valence-electron chi connectivity index (χ2n) is 5.80. The molecule has 1 aromatic carbocycles. The molecule has 7 heteroatoms. The lowest BCUT2D eigenvalue weighted by Crippen LogP contribution is -2.44. The molecule has 138 valence electrons. The molecular weight excluding hydrogens is 332 g/mol. The van der Waals surface area contributed by atoms with Crippen LogP contribution in [0, 0.1) is 0 Å². The van der Waals surface area contributed by atoms with E-state index in [1.54, 1.807) is 27.5 Å². The largest absolute Gasteiger partial charge is 0.493 e. The number of pyridine rings is 1. The fourth-order valence-electron chi connectivity index (χ4n) is 2.95. The fraction of sp³-hybridized carbons (Fsp3) is 0.368. The maximum Gasteiger partial charge on any atom is 0.203 e. The maximum absolute atomic E-state index is 5.49. The molecule has 2 heterocycles. The zero-order valence-electron chi connectivity index (χ0n) is 15.4. The minimum Gasteiger partial charge on any atom is -0.493 e. The number of benzene rings is 1. The highest BCUT2D eigenvalue weighted by atomic mass is 16.5. The summed E-state index contributed by atoms with van der Waals surface area (Å²) in [4.78, 5) is 6.67. The van der Waals surface area contributed by atoms with Gasteiger partial charge in [0.05, 0.1) is 40.6 Å². The third-order valence-electron chi connectivity index (χ3n) is 4.32. The molecule has 1 saturated heterocycles. The lowest BCUT2D eigenvalue weighted by atomic mass is 10.2. The van der Waals surface area contributed by atoms with Gasteiger partial charge in [-0.1, -0.05) is 6.07 Å². The van der Waals surface area contributed by atoms with Gasteiger partial charge in [-0.2, -0.15) is 5.10 Å². The first kappa shape index (κ1) is 17.8. The van der Waals surface area contributed by atoms with E-state index in [0.717, 1.165) is 37.6 Å². The third kappa shape index (κ3) is 3.82. The van der Waals surface area contributed by atoms with Crippen LogP contribution in [0.5, 0.6) is 17.2 Å². The van der Waals surface area contributed by atoms with Crippen LogP contribution in [0.15, 0.2) is 41.6 Å². The first-order valence-electron chi connectivity index (χ1n) is 8.50. The highest BCUT2D eigenvalue weighted by Gasteiger charge is 2.17. The Labute approximate surface area is 153 Å². The van der Waals surface area contributed by atoms with Crippen molar-refractivity contribution in [1.29, 1.82) is 0 Å². The lowest BCUT2D eigenvalue weighted by molar-refractivity contribution is 0.271. The van der Waals surface area contributed by atoms with Crippen LogP contribution in [0.1, 0.15) is 5.56 Å². The zero-order chi connectivity index (χ0) is 18.4. The molecule has 0 atom stereocenters. The number of piperazine rings is 1. The van der Waals surface area contributed by atoms with Gasteiger partial charge in [-0.15, -0.1) is 0 Å². The molecule has 7 nitrogen and oxygen atoms in total. The Bertz CT molecular complexity index is 744. The number of hydrazone groups is 1. The predicted molar refractivity (Wildman–Crippen MR) is 102 cm³/mol. The van der Waals surface area contributed by atoms with E-state index in [1.807, 2.05) is 36.5 Å². The summed E-state index contributed by atoms with van der Waals surface area (Å²) in [5.41, 5.74) is 0.845. The molecule has 1 aliphatic rings. The van der Waals surface area contributed by atoms with Crippen LogP contribution >= 0.6 is 0 Å². The molecule has 2 aromatic rings. The highest BCUT2D eigenvalue weighted by molar-refractivity contribution is 5.86. The topological polar surface area (TPSA) is 59.4 Å². The molecule has 3 rings (SSSR count). The van der Waals surface area contributed by atoms with Gasteiger partial charge in [0, 0.05) is 24.8 Å². The van der Waals surface area contributed by atoms with Gasteiger partial charge in [-0.05, 0) is 24.3 Å². The fourth-order valence-corrected chi connectivity index (χ4v) is 2.95. The highest BCUT2D eigenvalue weighted by Crippen LogP contribution is 2.39. The van der Waals surface area contributed by atoms with E-state index in [4.69, 9.17) is 14.2 Å². The second kappa shape index (κ2) is 8.42. The molecule has 0 spiro atoms. The summed E-state index contributed by atoms with van der Waals surface area (Å²) in [6.07, 6.45) is 3.63. The Kier molecular flexibility index (Phi) is 5.78. The average Bonchev–Trinajstić information content (AvgIpc) is 2.72. The summed E-state index contributed by atoms with van der Waals surface area (Å²) in [6, 6.07) is 9.74. The number of hydrogen-bond acceptors (Lipinski definition) is 7. The van der Waals surface area contributed by atoms with Gasteiger partial charge < -0.3 is 19.1 Å². The Morgan fingerprint density at radius 1 is 0.923 bits per heavy atom. The standard InChI is InChI=1S/C19H24N4O3/c1-24-16-8-7-15(18(25-2)19(16)26-3)14-21-23-12-10-22(11-13-23)17-6-4-5-9-20-17/h4-9,14H,10-13H2,1-3H3. The minimum atomic E-state index is 0.568. The molecule has 1 aromatic heterocycles. The SMILES string of the molecule is COc1ccc(C=NN2CCN(c3ccccn3)CC2)c(OC)c1OC. The van der Waals surface area contributed by atoms with Gasteiger partial charge in [0.15, 0.2) is 11.5 Å². The van der Waals surface area contributed by atoms with Crippen molar-refractivity contribution in [1.82, 2.24) is 9.99 Å². The van der Waals surface area contributed by atoms with Crippen molar-refractivity contribution in [2.75, 3.05) is 52.4 Å². The van der Waals surface area contributed by atoms with Gasteiger partial charge in [0.25, 0.3) is 0 Å². The molecule has 0 radical (unpaired) electrons. The van der Waals surface area contributed by atoms with Gasteiger partial charge in [-0.3, -0.25) is 5.01 Å². The lowest BCUT2D eigenvalue weighted by Gasteiger charge is -2.33. The van der Waals surface area contributed by atoms with Crippen LogP contribution < -0.4 is 19.1 Å². The van der Waals surface area contributed by atoms with E-state index in [0.29, 0.717) is 17.2 Å². The zero-order valence-corrected chi connectivity index (χ0v) is 15.4. The number of rotatable bonds is 6. The molecule has 1 aliphatic heterocycles. The molecule has 1 fully saturated rings. The number of anilines is 1. The van der Waals surface area contributed by atoms with Gasteiger partial charge >= 0.3 is 0 Å². The van der Waals surface area contributed by atoms with E-state index in [-0.39, 0.29) is 0 Å². The monoisotopic (exact) mass is 356 g/mol. The summed E-state index contributed by atoms with van der Waals surface area (Å²) in [5.74, 6) is 2.82. The summed E-state index contributed by atoms with van der Waals surface area (Å²) >= 11 is 0. The maximum atomic E-state index is 5.49. The van der Waals surface area contributed by atoms with Crippen molar-refractivity contribution in [3.8, 4) is 17.2 Å². The van der Waals surface area contributed by atoms with E-state index in [9.17, 15) is 0 Å². The predicted octanol–water partition coefficient (Wildman–Crippen LogP) is 2.26. The molecule has 26 heavy (non-hydrogen) atoms. The molecule has 0 unspecified atom stereocenters. The van der Waals surface area contributed by atoms with Crippen LogP contribution in [-0.4, -0.2) is 63.7 Å². The molecule has 0 N–H and O–H groups in total. The first-order chi connectivity index (χ1) is 12.8. The number of aromatic nitrogens is 1. The van der Waals surface area contributed by atoms with Crippen LogP contribution in [-0.2, 0) is 0 Å². The van der Waals surface area contributed by atoms with Gasteiger partial charge in [-0.25, -0.2) is 4.98 Å². The quantitative estimate of drug-likeness (QED) is 0.740. The molecule has 0 amide bonds. The summed E-state index contributed by atoms with van der Waals surface area (Å²) < 4.78 is 16.2. The van der Waals surface area contributed by atoms with E-state index in [1.165, 1.54) is 0 Å². The molecular formula is C19H24N4O3. The van der Waals surface area contributed by atoms with E-state index < -0.39 is 0 Å². The number of methoxy groups -OCH3 is 3. The summed E-state index contributed by atoms with van der Waals surface area (Å²) in [7, 11) is 4.81. The van der Waals surface area contributed by atoms with Crippen LogP contribution in [0.4, 0.5) is 5.82 Å². The van der Waals surface area contributed by atoms with Crippen LogP contribution in [0.25, 0.3) is 0 Å². The van der Waals surface area contributed by atoms with Gasteiger partial charge in [0.1, 0.15) is 5.82 Å². The van der Waals surface area contributed by atoms with Crippen molar-refractivity contribution in [3.05, 3.63) is 42.1 Å². The van der Waals surface area contributed by atoms with E-state index in [2.05, 4.69) is 20.0 Å². The van der Waals surface area contributed by atoms with Crippen molar-refractivity contribution >= 4 is 12.0 Å². The Morgan fingerprint density at radius 3 is 2.31 bits per heavy atom. The minimum absolute atomic E-state index is 0.568. The normalized spacial score (nSPS) is 14.6. The average molecular weight is 356 g/mol. The summed E-state index contributed by atoms with van der Waals surface area (Å²) in [6.45, 7) is 3.44. The number of hydrogen-bond donors (Lipinski definition) is 0. The number of nitrogens with zero attached hydrogens (tertiary/aromatic N) is 4. The van der Waals surface area contributed by atoms with Crippen molar-refractivity contribution in [2.24, 2.45) is 5.10 Å². The number of ether oxygens (including phenoxy) is 3. The molecule has 0 aliphatic carbocycles. The van der Waals surface area contributed by atoms with Crippen LogP contribution in [0.3, 0.4) is 0 Å². The van der Waals surface area contributed by atoms with Crippen molar-refractivity contribution in [2.45, 2.75) is 0 Å². The van der Waals surface area contributed by atoms with Gasteiger partial charge in [0.2, 0.25) is 5.75 Å². The Hall–Kier alpha value is -2.96. The first-order valence-corrected chi connectivity index (χ1v) is 8.50. The molecule has 0 bridgehead atoms. The Balaban J connectivity index is 1.68.